The molecular formula is C14H19BrClNO. The van der Waals surface area contributed by atoms with Gasteiger partial charge in [0, 0.05) is 22.8 Å². The molecule has 1 aromatic carbocycles. The topological polar surface area (TPSA) is 29.1 Å². The minimum absolute atomic E-state index is 0.112. The fourth-order valence-corrected chi connectivity index (χ4v) is 2.38. The number of hydrogen-bond donors (Lipinski definition) is 1. The van der Waals surface area contributed by atoms with Gasteiger partial charge in [0.2, 0.25) is 5.91 Å². The second kappa shape index (κ2) is 8.54. The van der Waals surface area contributed by atoms with E-state index in [1.165, 1.54) is 0 Å². The second-order valence-electron chi connectivity index (χ2n) is 4.41. The van der Waals surface area contributed by atoms with Gasteiger partial charge in [0.25, 0.3) is 0 Å². The molecule has 1 aromatic rings. The van der Waals surface area contributed by atoms with Gasteiger partial charge in [0.15, 0.2) is 0 Å². The molecule has 4 heteroatoms. The lowest BCUT2D eigenvalue weighted by Crippen LogP contribution is -2.33. The number of amides is 1. The zero-order chi connectivity index (χ0) is 13.4. The SMILES string of the molecule is CC(Cc1ccccc1Cl)NC(=O)CCCCBr. The van der Waals surface area contributed by atoms with Gasteiger partial charge < -0.3 is 5.32 Å². The van der Waals surface area contributed by atoms with E-state index in [0.717, 1.165) is 35.2 Å². The summed E-state index contributed by atoms with van der Waals surface area (Å²) in [5.41, 5.74) is 1.08. The zero-order valence-corrected chi connectivity index (χ0v) is 12.9. The third-order valence-electron chi connectivity index (χ3n) is 2.68. The summed E-state index contributed by atoms with van der Waals surface area (Å²) in [7, 11) is 0. The maximum atomic E-state index is 11.6. The molecule has 0 saturated heterocycles. The Morgan fingerprint density at radius 3 is 2.78 bits per heavy atom. The van der Waals surface area contributed by atoms with E-state index >= 15 is 0 Å². The zero-order valence-electron chi connectivity index (χ0n) is 10.6. The van der Waals surface area contributed by atoms with Gasteiger partial charge in [-0.3, -0.25) is 4.79 Å². The van der Waals surface area contributed by atoms with Crippen molar-refractivity contribution in [1.29, 1.82) is 0 Å². The number of rotatable bonds is 7. The Bertz CT molecular complexity index is 384. The molecule has 1 N–H and O–H groups in total. The van der Waals surface area contributed by atoms with Crippen molar-refractivity contribution >= 4 is 33.4 Å². The second-order valence-corrected chi connectivity index (χ2v) is 5.61. The number of hydrogen-bond acceptors (Lipinski definition) is 1. The predicted molar refractivity (Wildman–Crippen MR) is 80.4 cm³/mol. The fourth-order valence-electron chi connectivity index (χ4n) is 1.77. The van der Waals surface area contributed by atoms with Crippen LogP contribution in [0.25, 0.3) is 0 Å². The summed E-state index contributed by atoms with van der Waals surface area (Å²) in [6, 6.07) is 7.86. The first kappa shape index (κ1) is 15.5. The summed E-state index contributed by atoms with van der Waals surface area (Å²) in [6.45, 7) is 2.01. The van der Waals surface area contributed by atoms with E-state index < -0.39 is 0 Å². The Morgan fingerprint density at radius 1 is 1.39 bits per heavy atom. The monoisotopic (exact) mass is 331 g/mol. The Kier molecular flexibility index (Phi) is 7.36. The maximum absolute atomic E-state index is 11.6. The van der Waals surface area contributed by atoms with Crippen LogP contribution >= 0.6 is 27.5 Å². The summed E-state index contributed by atoms with van der Waals surface area (Å²) in [5, 5.41) is 4.72. The third kappa shape index (κ3) is 5.87. The molecule has 1 rings (SSSR count). The van der Waals surface area contributed by atoms with Crippen LogP contribution in [0.5, 0.6) is 0 Å². The molecule has 0 aliphatic carbocycles. The van der Waals surface area contributed by atoms with Crippen LogP contribution < -0.4 is 5.32 Å². The van der Waals surface area contributed by atoms with E-state index in [2.05, 4.69) is 21.2 Å². The summed E-state index contributed by atoms with van der Waals surface area (Å²) >= 11 is 9.45. The first-order valence-corrected chi connectivity index (χ1v) is 7.72. The van der Waals surface area contributed by atoms with Crippen LogP contribution in [-0.4, -0.2) is 17.3 Å². The number of carbonyl (C=O) groups excluding carboxylic acids is 1. The molecule has 0 saturated carbocycles. The highest BCUT2D eigenvalue weighted by Crippen LogP contribution is 2.16. The molecule has 0 heterocycles. The van der Waals surface area contributed by atoms with Crippen molar-refractivity contribution in [2.24, 2.45) is 0 Å². The molecule has 1 unspecified atom stereocenters. The minimum atomic E-state index is 0.112. The van der Waals surface area contributed by atoms with Gasteiger partial charge in [-0.1, -0.05) is 45.7 Å². The number of unbranched alkanes of at least 4 members (excludes halogenated alkanes) is 1. The average Bonchev–Trinajstić information content (AvgIpc) is 2.32. The lowest BCUT2D eigenvalue weighted by atomic mass is 10.1. The summed E-state index contributed by atoms with van der Waals surface area (Å²) < 4.78 is 0. The molecule has 0 bridgehead atoms. The lowest BCUT2D eigenvalue weighted by Gasteiger charge is -2.14. The normalized spacial score (nSPS) is 12.2. The van der Waals surface area contributed by atoms with Crippen LogP contribution in [0.2, 0.25) is 5.02 Å². The number of nitrogens with one attached hydrogen (secondary N) is 1. The molecule has 0 aliphatic rings. The van der Waals surface area contributed by atoms with E-state index in [-0.39, 0.29) is 11.9 Å². The third-order valence-corrected chi connectivity index (χ3v) is 3.61. The van der Waals surface area contributed by atoms with Crippen molar-refractivity contribution in [3.63, 3.8) is 0 Å². The smallest absolute Gasteiger partial charge is 0.220 e. The average molecular weight is 333 g/mol. The first-order chi connectivity index (χ1) is 8.63. The summed E-state index contributed by atoms with van der Waals surface area (Å²) in [6.07, 6.45) is 3.32. The van der Waals surface area contributed by atoms with E-state index in [1.807, 2.05) is 31.2 Å². The van der Waals surface area contributed by atoms with Gasteiger partial charge in [-0.15, -0.1) is 0 Å². The Balaban J connectivity index is 2.35. The van der Waals surface area contributed by atoms with Crippen LogP contribution in [0.1, 0.15) is 31.7 Å². The Labute approximate surface area is 122 Å². The molecule has 0 spiro atoms. The molecule has 0 fully saturated rings. The molecule has 1 amide bonds. The molecule has 0 aromatic heterocycles. The minimum Gasteiger partial charge on any atom is -0.353 e. The van der Waals surface area contributed by atoms with Crippen LogP contribution in [0.4, 0.5) is 0 Å². The van der Waals surface area contributed by atoms with Crippen molar-refractivity contribution in [2.75, 3.05) is 5.33 Å². The van der Waals surface area contributed by atoms with Crippen LogP contribution in [0, 0.1) is 0 Å². The van der Waals surface area contributed by atoms with Crippen LogP contribution in [0.15, 0.2) is 24.3 Å². The lowest BCUT2D eigenvalue weighted by molar-refractivity contribution is -0.121. The van der Waals surface area contributed by atoms with E-state index in [0.29, 0.717) is 6.42 Å². The standard InChI is InChI=1S/C14H19BrClNO/c1-11(17-14(18)8-4-5-9-15)10-12-6-2-3-7-13(12)16/h2-3,6-7,11H,4-5,8-10H2,1H3,(H,17,18). The maximum Gasteiger partial charge on any atom is 0.220 e. The van der Waals surface area contributed by atoms with Gasteiger partial charge in [-0.2, -0.15) is 0 Å². The van der Waals surface area contributed by atoms with Crippen LogP contribution in [0.3, 0.4) is 0 Å². The molecule has 18 heavy (non-hydrogen) atoms. The molecular weight excluding hydrogens is 314 g/mol. The van der Waals surface area contributed by atoms with Gasteiger partial charge >= 0.3 is 0 Å². The molecule has 100 valence electrons. The summed E-state index contributed by atoms with van der Waals surface area (Å²) in [4.78, 5) is 11.6. The van der Waals surface area contributed by atoms with Crippen molar-refractivity contribution in [3.05, 3.63) is 34.9 Å². The van der Waals surface area contributed by atoms with Crippen molar-refractivity contribution < 1.29 is 4.79 Å². The fraction of sp³-hybridized carbons (Fsp3) is 0.500. The molecule has 2 nitrogen and oxygen atoms in total. The van der Waals surface area contributed by atoms with Gasteiger partial charge in [-0.25, -0.2) is 0 Å². The van der Waals surface area contributed by atoms with Crippen molar-refractivity contribution in [1.82, 2.24) is 5.32 Å². The van der Waals surface area contributed by atoms with Crippen LogP contribution in [-0.2, 0) is 11.2 Å². The number of halogens is 2. The molecule has 0 aliphatic heterocycles. The van der Waals surface area contributed by atoms with Crippen molar-refractivity contribution in [2.45, 2.75) is 38.6 Å². The number of benzene rings is 1. The Hall–Kier alpha value is -0.540. The van der Waals surface area contributed by atoms with E-state index in [9.17, 15) is 4.79 Å². The van der Waals surface area contributed by atoms with Crippen molar-refractivity contribution in [3.8, 4) is 0 Å². The number of alkyl halides is 1. The highest BCUT2D eigenvalue weighted by molar-refractivity contribution is 9.09. The highest BCUT2D eigenvalue weighted by Gasteiger charge is 2.09. The highest BCUT2D eigenvalue weighted by atomic mass is 79.9. The predicted octanol–water partition coefficient (Wildman–Crippen LogP) is 3.95. The number of carbonyl (C=O) groups is 1. The van der Waals surface area contributed by atoms with Gasteiger partial charge in [0.1, 0.15) is 0 Å². The Morgan fingerprint density at radius 2 is 2.11 bits per heavy atom. The largest absolute Gasteiger partial charge is 0.353 e. The quantitative estimate of drug-likeness (QED) is 0.594. The summed E-state index contributed by atoms with van der Waals surface area (Å²) in [5.74, 6) is 0.121. The van der Waals surface area contributed by atoms with E-state index in [1.54, 1.807) is 0 Å². The van der Waals surface area contributed by atoms with Gasteiger partial charge in [0.05, 0.1) is 0 Å². The first-order valence-electron chi connectivity index (χ1n) is 6.22. The molecule has 1 atom stereocenters. The van der Waals surface area contributed by atoms with E-state index in [4.69, 9.17) is 11.6 Å². The molecule has 0 radical (unpaired) electrons. The van der Waals surface area contributed by atoms with Gasteiger partial charge in [-0.05, 0) is 37.8 Å².